The number of halogens is 1. The van der Waals surface area contributed by atoms with Crippen LogP contribution in [0.5, 0.6) is 0 Å². The molecule has 120 valence electrons. The summed E-state index contributed by atoms with van der Waals surface area (Å²) in [6.07, 6.45) is 5.13. The van der Waals surface area contributed by atoms with Crippen LogP contribution in [0, 0.1) is 0 Å². The van der Waals surface area contributed by atoms with E-state index in [0.717, 1.165) is 37.4 Å². The van der Waals surface area contributed by atoms with Crippen LogP contribution >= 0.6 is 24.0 Å². The fourth-order valence-corrected chi connectivity index (χ4v) is 2.29. The lowest BCUT2D eigenvalue weighted by Gasteiger charge is -2.12. The molecule has 0 aliphatic carbocycles. The van der Waals surface area contributed by atoms with Crippen LogP contribution in [-0.2, 0) is 6.42 Å². The van der Waals surface area contributed by atoms with Crippen molar-refractivity contribution < 1.29 is 0 Å². The van der Waals surface area contributed by atoms with E-state index in [1.807, 2.05) is 12.3 Å². The van der Waals surface area contributed by atoms with Gasteiger partial charge >= 0.3 is 0 Å². The van der Waals surface area contributed by atoms with Crippen molar-refractivity contribution in [2.45, 2.75) is 26.2 Å². The molecule has 0 saturated heterocycles. The van der Waals surface area contributed by atoms with Crippen LogP contribution < -0.4 is 10.6 Å². The molecule has 0 atom stereocenters. The number of para-hydroxylation sites is 1. The van der Waals surface area contributed by atoms with Crippen LogP contribution in [0.2, 0.25) is 0 Å². The number of rotatable bonds is 6. The van der Waals surface area contributed by atoms with Crippen LogP contribution in [0.3, 0.4) is 0 Å². The van der Waals surface area contributed by atoms with Gasteiger partial charge in [0.2, 0.25) is 0 Å². The molecule has 2 rings (SSSR count). The van der Waals surface area contributed by atoms with E-state index >= 15 is 0 Å². The Morgan fingerprint density at radius 1 is 1.14 bits per heavy atom. The second kappa shape index (κ2) is 10.4. The molecular formula is C17H25IN4. The molecule has 0 saturated carbocycles. The predicted molar refractivity (Wildman–Crippen MR) is 105 cm³/mol. The Labute approximate surface area is 149 Å². The molecule has 0 fully saturated rings. The Hall–Kier alpha value is -1.37. The van der Waals surface area contributed by atoms with Crippen LogP contribution in [0.4, 0.5) is 0 Å². The minimum Gasteiger partial charge on any atom is -0.356 e. The summed E-state index contributed by atoms with van der Waals surface area (Å²) in [6.45, 7) is 4.00. The highest BCUT2D eigenvalue weighted by Crippen LogP contribution is 2.15. The van der Waals surface area contributed by atoms with Gasteiger partial charge in [-0.05, 0) is 24.5 Å². The molecule has 2 N–H and O–H groups in total. The van der Waals surface area contributed by atoms with Gasteiger partial charge in [-0.25, -0.2) is 0 Å². The summed E-state index contributed by atoms with van der Waals surface area (Å²) >= 11 is 0. The molecular weight excluding hydrogens is 387 g/mol. The lowest BCUT2D eigenvalue weighted by atomic mass is 10.1. The summed E-state index contributed by atoms with van der Waals surface area (Å²) in [4.78, 5) is 8.72. The fraction of sp³-hybridized carbons (Fsp3) is 0.412. The number of guanidine groups is 1. The maximum Gasteiger partial charge on any atom is 0.190 e. The van der Waals surface area contributed by atoms with E-state index in [4.69, 9.17) is 0 Å². The molecule has 0 spiro atoms. The maximum absolute atomic E-state index is 4.49. The number of unbranched alkanes of at least 4 members (excludes halogenated alkanes) is 1. The van der Waals surface area contributed by atoms with Crippen LogP contribution in [-0.4, -0.2) is 31.1 Å². The van der Waals surface area contributed by atoms with Crippen LogP contribution in [0.1, 0.15) is 25.3 Å². The van der Waals surface area contributed by atoms with E-state index in [2.05, 4.69) is 51.8 Å². The molecule has 0 radical (unpaired) electrons. The second-order valence-corrected chi connectivity index (χ2v) is 5.02. The summed E-state index contributed by atoms with van der Waals surface area (Å²) in [5.74, 6) is 0.872. The Balaban J connectivity index is 0.00000242. The zero-order chi connectivity index (χ0) is 14.9. The second-order valence-electron chi connectivity index (χ2n) is 5.02. The number of nitrogens with one attached hydrogen (secondary N) is 2. The van der Waals surface area contributed by atoms with Crippen LogP contribution in [0.25, 0.3) is 10.9 Å². The number of hydrogen-bond donors (Lipinski definition) is 2. The lowest BCUT2D eigenvalue weighted by Crippen LogP contribution is -2.38. The zero-order valence-corrected chi connectivity index (χ0v) is 15.6. The summed E-state index contributed by atoms with van der Waals surface area (Å²) in [5, 5.41) is 7.86. The third-order valence-corrected chi connectivity index (χ3v) is 3.45. The molecule has 0 aliphatic rings. The molecule has 0 bridgehead atoms. The first-order chi connectivity index (χ1) is 10.3. The standard InChI is InChI=1S/C17H24N4.HI/c1-3-4-11-20-17(18-2)21-13-10-15-8-5-7-14-9-6-12-19-16(14)15;/h5-9,12H,3-4,10-11,13H2,1-2H3,(H2,18,20,21);1H. The minimum atomic E-state index is 0. The Morgan fingerprint density at radius 3 is 2.68 bits per heavy atom. The van der Waals surface area contributed by atoms with E-state index in [-0.39, 0.29) is 24.0 Å². The van der Waals surface area contributed by atoms with Crippen molar-refractivity contribution in [1.82, 2.24) is 15.6 Å². The number of hydrogen-bond acceptors (Lipinski definition) is 2. The van der Waals surface area contributed by atoms with Gasteiger partial charge in [-0.3, -0.25) is 9.98 Å². The molecule has 0 amide bonds. The Bertz CT molecular complexity index is 593. The number of nitrogens with zero attached hydrogens (tertiary/aromatic N) is 2. The third kappa shape index (κ3) is 5.44. The van der Waals surface area contributed by atoms with Gasteiger partial charge in [-0.1, -0.05) is 37.6 Å². The predicted octanol–water partition coefficient (Wildman–Crippen LogP) is 3.36. The van der Waals surface area contributed by atoms with Gasteiger partial charge < -0.3 is 10.6 Å². The smallest absolute Gasteiger partial charge is 0.190 e. The first-order valence-corrected chi connectivity index (χ1v) is 7.62. The topological polar surface area (TPSA) is 49.3 Å². The fourth-order valence-electron chi connectivity index (χ4n) is 2.29. The SMILES string of the molecule is CCCCNC(=NC)NCCc1cccc2cccnc12.I. The number of fused-ring (bicyclic) bond motifs is 1. The van der Waals surface area contributed by atoms with Crippen molar-refractivity contribution in [3.05, 3.63) is 42.1 Å². The van der Waals surface area contributed by atoms with Crippen LogP contribution in [0.15, 0.2) is 41.5 Å². The monoisotopic (exact) mass is 412 g/mol. The summed E-state index contributed by atoms with van der Waals surface area (Å²) < 4.78 is 0. The highest BCUT2D eigenvalue weighted by Gasteiger charge is 2.02. The highest BCUT2D eigenvalue weighted by atomic mass is 127. The van der Waals surface area contributed by atoms with Gasteiger partial charge in [0.05, 0.1) is 5.52 Å². The summed E-state index contributed by atoms with van der Waals surface area (Å²) in [6, 6.07) is 10.4. The van der Waals surface area contributed by atoms with Crippen molar-refractivity contribution in [2.24, 2.45) is 4.99 Å². The maximum atomic E-state index is 4.49. The minimum absolute atomic E-state index is 0. The average molecular weight is 412 g/mol. The largest absolute Gasteiger partial charge is 0.356 e. The number of aliphatic imine (C=N–C) groups is 1. The normalized spacial score (nSPS) is 11.1. The highest BCUT2D eigenvalue weighted by molar-refractivity contribution is 14.0. The van der Waals surface area contributed by atoms with E-state index in [9.17, 15) is 0 Å². The van der Waals surface area contributed by atoms with Gasteiger partial charge in [0.15, 0.2) is 5.96 Å². The lowest BCUT2D eigenvalue weighted by molar-refractivity contribution is 0.727. The van der Waals surface area contributed by atoms with Gasteiger partial charge in [0.1, 0.15) is 0 Å². The molecule has 2 aromatic rings. The molecule has 1 aromatic carbocycles. The Kier molecular flexibility index (Phi) is 8.81. The van der Waals surface area contributed by atoms with Gasteiger partial charge in [-0.2, -0.15) is 0 Å². The average Bonchev–Trinajstić information content (AvgIpc) is 2.53. The van der Waals surface area contributed by atoms with E-state index in [1.165, 1.54) is 17.4 Å². The quantitative estimate of drug-likeness (QED) is 0.331. The zero-order valence-electron chi connectivity index (χ0n) is 13.3. The molecule has 1 aromatic heterocycles. The molecule has 0 aliphatic heterocycles. The number of pyridine rings is 1. The molecule has 5 heteroatoms. The number of aromatic nitrogens is 1. The van der Waals surface area contributed by atoms with Crippen molar-refractivity contribution in [3.8, 4) is 0 Å². The first-order valence-electron chi connectivity index (χ1n) is 7.62. The van der Waals surface area contributed by atoms with Gasteiger partial charge in [0, 0.05) is 31.7 Å². The molecule has 0 unspecified atom stereocenters. The molecule has 4 nitrogen and oxygen atoms in total. The Morgan fingerprint density at radius 2 is 1.91 bits per heavy atom. The molecule has 1 heterocycles. The third-order valence-electron chi connectivity index (χ3n) is 3.45. The van der Waals surface area contributed by atoms with Gasteiger partial charge in [0.25, 0.3) is 0 Å². The van der Waals surface area contributed by atoms with Crippen molar-refractivity contribution in [1.29, 1.82) is 0 Å². The van der Waals surface area contributed by atoms with Crippen molar-refractivity contribution >= 4 is 40.8 Å². The number of benzene rings is 1. The summed E-state index contributed by atoms with van der Waals surface area (Å²) in [7, 11) is 1.81. The first kappa shape index (κ1) is 18.7. The summed E-state index contributed by atoms with van der Waals surface area (Å²) in [5.41, 5.74) is 2.36. The van der Waals surface area contributed by atoms with E-state index in [1.54, 1.807) is 7.05 Å². The van der Waals surface area contributed by atoms with E-state index < -0.39 is 0 Å². The molecule has 22 heavy (non-hydrogen) atoms. The van der Waals surface area contributed by atoms with Crippen molar-refractivity contribution in [2.75, 3.05) is 20.1 Å². The van der Waals surface area contributed by atoms with E-state index in [0.29, 0.717) is 0 Å². The van der Waals surface area contributed by atoms with Gasteiger partial charge in [-0.15, -0.1) is 24.0 Å². The van der Waals surface area contributed by atoms with Crippen molar-refractivity contribution in [3.63, 3.8) is 0 Å².